The van der Waals surface area contributed by atoms with Crippen molar-refractivity contribution >= 4 is 68.5 Å². The maximum absolute atomic E-state index is 12.7. The van der Waals surface area contributed by atoms with Gasteiger partial charge in [-0.05, 0) is 98.2 Å². The highest BCUT2D eigenvalue weighted by Gasteiger charge is 2.45. The van der Waals surface area contributed by atoms with Crippen molar-refractivity contribution in [1.29, 1.82) is 0 Å². The van der Waals surface area contributed by atoms with Crippen molar-refractivity contribution in [2.45, 2.75) is 86.8 Å². The molecule has 18 heteroatoms. The van der Waals surface area contributed by atoms with Gasteiger partial charge in [0.05, 0.1) is 26.7 Å². The molecule has 14 nitrogen and oxygen atoms in total. The molecule has 0 aromatic heterocycles. The van der Waals surface area contributed by atoms with Gasteiger partial charge in [-0.25, -0.2) is 16.8 Å². The normalized spacial score (nSPS) is 17.3. The van der Waals surface area contributed by atoms with Crippen LogP contribution in [0.2, 0.25) is 0 Å². The van der Waals surface area contributed by atoms with Crippen LogP contribution in [0.5, 0.6) is 0 Å². The molecule has 0 aliphatic carbocycles. The molecule has 0 spiro atoms. The number of aliphatic carboxylic acids is 1. The van der Waals surface area contributed by atoms with Gasteiger partial charge in [-0.3, -0.25) is 13.9 Å². The predicted molar refractivity (Wildman–Crippen MR) is 241 cm³/mol. The van der Waals surface area contributed by atoms with Crippen LogP contribution in [0.25, 0.3) is 5.57 Å². The third kappa shape index (κ3) is 11.8. The van der Waals surface area contributed by atoms with Crippen LogP contribution in [0.4, 0.5) is 11.4 Å². The molecule has 0 fully saturated rings. The molecule has 0 bridgehead atoms. The summed E-state index contributed by atoms with van der Waals surface area (Å²) in [6.45, 7) is 8.67. The number of allylic oxidation sites excluding steroid dienone is 6. The van der Waals surface area contributed by atoms with Gasteiger partial charge in [0.25, 0.3) is 20.2 Å². The Hall–Kier alpha value is -4.46. The number of hydrogen-bond acceptors (Lipinski definition) is 10. The quantitative estimate of drug-likeness (QED) is 0.0504. The van der Waals surface area contributed by atoms with E-state index in [1.807, 2.05) is 85.7 Å². The lowest BCUT2D eigenvalue weighted by molar-refractivity contribution is -0.438. The van der Waals surface area contributed by atoms with E-state index >= 15 is 0 Å². The minimum Gasteiger partial charge on any atom is -0.481 e. The topological polar surface area (TPSA) is 221 Å². The highest BCUT2D eigenvalue weighted by Crippen LogP contribution is 2.49. The van der Waals surface area contributed by atoms with Gasteiger partial charge in [0, 0.05) is 66.4 Å². The lowest BCUT2D eigenvalue weighted by atomic mass is 9.81. The predicted octanol–water partition coefficient (Wildman–Crippen LogP) is 6.54. The Kier molecular flexibility index (Phi) is 14.4. The largest absolute Gasteiger partial charge is 0.481 e. The molecule has 3 aromatic rings. The molecule has 0 radical (unpaired) electrons. The molecule has 0 amide bonds. The Morgan fingerprint density at radius 1 is 0.726 bits per heavy atom. The molecule has 2 aliphatic heterocycles. The summed E-state index contributed by atoms with van der Waals surface area (Å²) in [4.78, 5) is 13.5. The minimum atomic E-state index is -4.20. The molecule has 2 aliphatic rings. The van der Waals surface area contributed by atoms with E-state index in [-0.39, 0.29) is 29.1 Å². The second-order valence-electron chi connectivity index (χ2n) is 16.9. The average molecular weight is 932 g/mol. The summed E-state index contributed by atoms with van der Waals surface area (Å²) in [5.41, 5.74) is 5.64. The van der Waals surface area contributed by atoms with Crippen LogP contribution in [0.15, 0.2) is 100 Å². The van der Waals surface area contributed by atoms with Gasteiger partial charge in [0.15, 0.2) is 25.4 Å². The van der Waals surface area contributed by atoms with Crippen molar-refractivity contribution in [3.63, 3.8) is 0 Å². The first-order valence-corrected chi connectivity index (χ1v) is 27.0. The molecular weight excluding hydrogens is 877 g/mol. The van der Waals surface area contributed by atoms with Crippen LogP contribution < -0.4 is 4.90 Å². The van der Waals surface area contributed by atoms with Crippen molar-refractivity contribution in [3.8, 4) is 0 Å². The van der Waals surface area contributed by atoms with E-state index in [0.29, 0.717) is 43.7 Å². The van der Waals surface area contributed by atoms with E-state index in [2.05, 4.69) is 0 Å². The molecule has 5 rings (SSSR count). The number of carboxylic acid groups (broad SMARTS) is 1. The lowest BCUT2D eigenvalue weighted by Gasteiger charge is -2.27. The van der Waals surface area contributed by atoms with Crippen molar-refractivity contribution in [2.24, 2.45) is 0 Å². The number of carboxylic acids is 1. The molecular formula is C44H55N2O12S4+. The number of fused-ring (bicyclic) bond motifs is 2. The summed E-state index contributed by atoms with van der Waals surface area (Å²) in [6.07, 6.45) is 11.3. The Bertz CT molecular complexity index is 2820. The van der Waals surface area contributed by atoms with Gasteiger partial charge in [-0.15, -0.1) is 0 Å². The van der Waals surface area contributed by atoms with Crippen molar-refractivity contribution in [3.05, 3.63) is 113 Å². The van der Waals surface area contributed by atoms with Gasteiger partial charge in [-0.2, -0.15) is 21.4 Å². The number of nitrogens with zero attached hydrogens (tertiary/aromatic N) is 2. The summed E-state index contributed by atoms with van der Waals surface area (Å²) in [6, 6.07) is 17.4. The number of unbranched alkanes of at least 4 members (excludes halogenated alkanes) is 2. The fourth-order valence-corrected chi connectivity index (χ4v) is 10.5. The number of benzene rings is 3. The van der Waals surface area contributed by atoms with Crippen LogP contribution in [-0.2, 0) is 62.0 Å². The zero-order valence-corrected chi connectivity index (χ0v) is 39.0. The van der Waals surface area contributed by atoms with Gasteiger partial charge >= 0.3 is 5.97 Å². The summed E-state index contributed by atoms with van der Waals surface area (Å²) in [5.74, 6) is -1.77. The zero-order valence-electron chi connectivity index (χ0n) is 35.7. The second-order valence-corrected chi connectivity index (χ2v) is 24.1. The summed E-state index contributed by atoms with van der Waals surface area (Å²) < 4.78 is 118. The molecule has 0 saturated carbocycles. The first kappa shape index (κ1) is 48.6. The monoisotopic (exact) mass is 931 g/mol. The minimum absolute atomic E-state index is 0.0418. The number of anilines is 1. The van der Waals surface area contributed by atoms with Crippen LogP contribution in [0.3, 0.4) is 0 Å². The van der Waals surface area contributed by atoms with Crippen LogP contribution >= 0.6 is 0 Å². The maximum atomic E-state index is 12.7. The Balaban J connectivity index is 1.68. The summed E-state index contributed by atoms with van der Waals surface area (Å²) >= 11 is 0. The van der Waals surface area contributed by atoms with Gasteiger partial charge in [0.1, 0.15) is 6.54 Å². The Morgan fingerprint density at radius 2 is 1.29 bits per heavy atom. The van der Waals surface area contributed by atoms with Crippen molar-refractivity contribution in [1.82, 2.24) is 0 Å². The summed E-state index contributed by atoms with van der Waals surface area (Å²) in [5, 5.41) is 9.27. The van der Waals surface area contributed by atoms with E-state index in [4.69, 9.17) is 0 Å². The van der Waals surface area contributed by atoms with Gasteiger partial charge < -0.3 is 10.0 Å². The second kappa shape index (κ2) is 18.3. The summed E-state index contributed by atoms with van der Waals surface area (Å²) in [7, 11) is -15.6. The molecule has 336 valence electrons. The van der Waals surface area contributed by atoms with Crippen molar-refractivity contribution in [2.75, 3.05) is 42.0 Å². The molecule has 0 atom stereocenters. The zero-order chi connectivity index (χ0) is 46.1. The van der Waals surface area contributed by atoms with Crippen LogP contribution in [0, 0.1) is 0 Å². The van der Waals surface area contributed by atoms with E-state index in [1.54, 1.807) is 36.4 Å². The van der Waals surface area contributed by atoms with E-state index < -0.39 is 68.2 Å². The standard InChI is InChI=1S/C44H54N2O12S4/c1-43(2)36-20-18-34(59(5,49)50)29-38(36)45(25-7-9-27-61(53,54)55)40(43)22-16-33(32-14-11-31(12-15-32)13-24-42(47)48)17-23-41-44(3,4)37-21-19-35(60(6,51)52)30-39(37)46(41)26-8-10-28-62(56,57)58/h11-12,14-23,29-30H,7-10,13,24-28H2,1-6H3,(H2-,47,48,53,54,55,56,57,58)/p+1. The Morgan fingerprint density at radius 3 is 1.85 bits per heavy atom. The molecule has 3 aromatic carbocycles. The van der Waals surface area contributed by atoms with E-state index in [0.717, 1.165) is 51.7 Å². The number of sulfone groups is 2. The lowest BCUT2D eigenvalue weighted by Crippen LogP contribution is -2.28. The Labute approximate surface area is 365 Å². The number of rotatable bonds is 19. The van der Waals surface area contributed by atoms with E-state index in [1.165, 1.54) is 0 Å². The SMILES string of the molecule is CC1(C)C(/C=C/C(=C/C=C2\N(CCCCS(=O)(=O)O)c3cc(S(C)(=O)=O)ccc3C2(C)C)c2ccc(CCC(=O)O)cc2)=[N+](CCCCS(=O)(=O)O)c2cc(S(C)(=O)=O)ccc21. The molecule has 0 unspecified atom stereocenters. The first-order valence-electron chi connectivity index (χ1n) is 20.0. The molecule has 62 heavy (non-hydrogen) atoms. The van der Waals surface area contributed by atoms with E-state index in [9.17, 15) is 52.7 Å². The molecule has 3 N–H and O–H groups in total. The third-order valence-electron chi connectivity index (χ3n) is 11.4. The van der Waals surface area contributed by atoms with Crippen LogP contribution in [0.1, 0.15) is 82.1 Å². The number of hydrogen-bond donors (Lipinski definition) is 3. The number of carbonyl (C=O) groups is 1. The average Bonchev–Trinajstić information content (AvgIpc) is 3.50. The highest BCUT2D eigenvalue weighted by atomic mass is 32.2. The smallest absolute Gasteiger partial charge is 0.303 e. The molecule has 0 saturated heterocycles. The van der Waals surface area contributed by atoms with Crippen molar-refractivity contribution < 1.29 is 57.3 Å². The highest BCUT2D eigenvalue weighted by molar-refractivity contribution is 7.91. The third-order valence-corrected chi connectivity index (χ3v) is 15.2. The fraction of sp³-hybridized carbons (Fsp3) is 0.409. The fourth-order valence-electron chi connectivity index (χ4n) is 8.09. The molecule has 2 heterocycles. The van der Waals surface area contributed by atoms with Gasteiger partial charge in [-0.1, -0.05) is 50.3 Å². The first-order chi connectivity index (χ1) is 28.6. The number of aryl methyl sites for hydroxylation is 1. The van der Waals surface area contributed by atoms with Gasteiger partial charge in [0.2, 0.25) is 5.69 Å². The van der Waals surface area contributed by atoms with Crippen LogP contribution in [-0.4, -0.2) is 101 Å². The maximum Gasteiger partial charge on any atom is 0.303 e.